The highest BCUT2D eigenvalue weighted by Crippen LogP contribution is 2.35. The molecular weight excluding hydrogens is 208 g/mol. The van der Waals surface area contributed by atoms with Crippen molar-refractivity contribution in [3.8, 4) is 0 Å². The number of hydrogen-bond donors (Lipinski definition) is 2. The summed E-state index contributed by atoms with van der Waals surface area (Å²) in [6, 6.07) is 0. The largest absolute Gasteiger partial charge is 0.329 e. The van der Waals surface area contributed by atoms with Gasteiger partial charge in [-0.1, -0.05) is 38.8 Å². The van der Waals surface area contributed by atoms with Gasteiger partial charge < -0.3 is 11.1 Å². The molecule has 0 heterocycles. The SMILES string of the molecule is C/C=C/CCNC1(CN)CCCC(C(C)C)C1. The molecule has 2 atom stereocenters. The van der Waals surface area contributed by atoms with Gasteiger partial charge in [0.05, 0.1) is 0 Å². The van der Waals surface area contributed by atoms with Crippen molar-refractivity contribution in [1.82, 2.24) is 5.32 Å². The summed E-state index contributed by atoms with van der Waals surface area (Å²) in [6.45, 7) is 8.61. The average molecular weight is 238 g/mol. The highest BCUT2D eigenvalue weighted by Gasteiger charge is 2.35. The van der Waals surface area contributed by atoms with Gasteiger partial charge in [-0.3, -0.25) is 0 Å². The van der Waals surface area contributed by atoms with Crippen molar-refractivity contribution in [2.24, 2.45) is 17.6 Å². The Labute approximate surface area is 107 Å². The fourth-order valence-electron chi connectivity index (χ4n) is 2.98. The molecule has 2 nitrogen and oxygen atoms in total. The monoisotopic (exact) mass is 238 g/mol. The van der Waals surface area contributed by atoms with Crippen molar-refractivity contribution in [2.45, 2.75) is 58.4 Å². The Morgan fingerprint density at radius 2 is 2.24 bits per heavy atom. The van der Waals surface area contributed by atoms with Gasteiger partial charge >= 0.3 is 0 Å². The van der Waals surface area contributed by atoms with Crippen LogP contribution >= 0.6 is 0 Å². The van der Waals surface area contributed by atoms with Crippen LogP contribution in [0.5, 0.6) is 0 Å². The summed E-state index contributed by atoms with van der Waals surface area (Å²) in [5.74, 6) is 1.64. The minimum atomic E-state index is 0.217. The summed E-state index contributed by atoms with van der Waals surface area (Å²) in [4.78, 5) is 0. The molecule has 0 amide bonds. The van der Waals surface area contributed by atoms with Crippen LogP contribution in [0.15, 0.2) is 12.2 Å². The third-order valence-corrected chi connectivity index (χ3v) is 4.26. The van der Waals surface area contributed by atoms with Gasteiger partial charge in [-0.05, 0) is 44.6 Å². The average Bonchev–Trinajstić information content (AvgIpc) is 2.35. The maximum absolute atomic E-state index is 6.03. The van der Waals surface area contributed by atoms with Crippen molar-refractivity contribution in [2.75, 3.05) is 13.1 Å². The maximum Gasteiger partial charge on any atom is 0.0306 e. The van der Waals surface area contributed by atoms with Crippen LogP contribution in [0.3, 0.4) is 0 Å². The Bertz CT molecular complexity index is 235. The summed E-state index contributed by atoms with van der Waals surface area (Å²) in [6.07, 6.45) is 10.7. The zero-order chi connectivity index (χ0) is 12.7. The molecule has 0 aromatic carbocycles. The van der Waals surface area contributed by atoms with E-state index in [0.29, 0.717) is 0 Å². The molecule has 0 aliphatic heterocycles. The zero-order valence-electron chi connectivity index (χ0n) is 11.8. The summed E-state index contributed by atoms with van der Waals surface area (Å²) in [7, 11) is 0. The molecule has 2 unspecified atom stereocenters. The zero-order valence-corrected chi connectivity index (χ0v) is 11.8. The lowest BCUT2D eigenvalue weighted by molar-refractivity contribution is 0.154. The first-order valence-corrected chi connectivity index (χ1v) is 7.20. The van der Waals surface area contributed by atoms with E-state index < -0.39 is 0 Å². The van der Waals surface area contributed by atoms with Gasteiger partial charge in [0.15, 0.2) is 0 Å². The number of nitrogens with two attached hydrogens (primary N) is 1. The van der Waals surface area contributed by atoms with Crippen LogP contribution in [-0.2, 0) is 0 Å². The normalized spacial score (nSPS) is 30.3. The lowest BCUT2D eigenvalue weighted by Crippen LogP contribution is -2.54. The molecule has 1 aliphatic carbocycles. The Balaban J connectivity index is 2.48. The minimum absolute atomic E-state index is 0.217. The lowest BCUT2D eigenvalue weighted by Gasteiger charge is -2.42. The third-order valence-electron chi connectivity index (χ3n) is 4.26. The van der Waals surface area contributed by atoms with Crippen molar-refractivity contribution in [3.63, 3.8) is 0 Å². The van der Waals surface area contributed by atoms with E-state index in [1.165, 1.54) is 25.7 Å². The van der Waals surface area contributed by atoms with Crippen LogP contribution in [0, 0.1) is 11.8 Å². The van der Waals surface area contributed by atoms with E-state index in [2.05, 4.69) is 38.2 Å². The molecule has 0 aromatic rings. The molecule has 3 N–H and O–H groups in total. The van der Waals surface area contributed by atoms with E-state index >= 15 is 0 Å². The fourth-order valence-corrected chi connectivity index (χ4v) is 2.98. The van der Waals surface area contributed by atoms with E-state index in [9.17, 15) is 0 Å². The van der Waals surface area contributed by atoms with Crippen LogP contribution in [0.1, 0.15) is 52.9 Å². The molecule has 2 heteroatoms. The molecule has 1 saturated carbocycles. The predicted molar refractivity (Wildman–Crippen MR) is 76.0 cm³/mol. The molecule has 0 saturated heterocycles. The summed E-state index contributed by atoms with van der Waals surface area (Å²) >= 11 is 0. The number of rotatable bonds is 6. The highest BCUT2D eigenvalue weighted by atomic mass is 15.0. The third kappa shape index (κ3) is 4.44. The van der Waals surface area contributed by atoms with E-state index in [1.807, 2.05) is 0 Å². The Hall–Kier alpha value is -0.340. The van der Waals surface area contributed by atoms with Crippen LogP contribution < -0.4 is 11.1 Å². The van der Waals surface area contributed by atoms with Crippen molar-refractivity contribution < 1.29 is 0 Å². The van der Waals surface area contributed by atoms with Crippen LogP contribution in [0.25, 0.3) is 0 Å². The van der Waals surface area contributed by atoms with Gasteiger partial charge in [0.25, 0.3) is 0 Å². The van der Waals surface area contributed by atoms with Gasteiger partial charge in [0.1, 0.15) is 0 Å². The molecule has 0 aromatic heterocycles. The first-order chi connectivity index (χ1) is 8.13. The standard InChI is InChI=1S/C15H30N2/c1-4-5-6-10-17-15(12-16)9-7-8-14(11-15)13(2)3/h4-5,13-14,17H,6-12,16H2,1-3H3/b5-4+. The summed E-state index contributed by atoms with van der Waals surface area (Å²) in [5, 5.41) is 3.73. The molecule has 100 valence electrons. The quantitative estimate of drug-likeness (QED) is 0.551. The van der Waals surface area contributed by atoms with E-state index in [-0.39, 0.29) is 5.54 Å². The lowest BCUT2D eigenvalue weighted by atomic mass is 9.71. The van der Waals surface area contributed by atoms with E-state index in [4.69, 9.17) is 5.73 Å². The van der Waals surface area contributed by atoms with Gasteiger partial charge in [-0.15, -0.1) is 0 Å². The second-order valence-electron chi connectivity index (χ2n) is 5.87. The smallest absolute Gasteiger partial charge is 0.0306 e. The van der Waals surface area contributed by atoms with Crippen LogP contribution in [0.2, 0.25) is 0 Å². The predicted octanol–water partition coefficient (Wildman–Crippen LogP) is 3.09. The molecule has 0 radical (unpaired) electrons. The van der Waals surface area contributed by atoms with Gasteiger partial charge in [0.2, 0.25) is 0 Å². The van der Waals surface area contributed by atoms with Crippen molar-refractivity contribution >= 4 is 0 Å². The second-order valence-corrected chi connectivity index (χ2v) is 5.87. The van der Waals surface area contributed by atoms with E-state index in [1.54, 1.807) is 0 Å². The Morgan fingerprint density at radius 1 is 1.47 bits per heavy atom. The molecule has 1 rings (SSSR count). The maximum atomic E-state index is 6.03. The fraction of sp³-hybridized carbons (Fsp3) is 0.867. The first-order valence-electron chi connectivity index (χ1n) is 7.20. The van der Waals surface area contributed by atoms with Crippen molar-refractivity contribution in [1.29, 1.82) is 0 Å². The topological polar surface area (TPSA) is 38.0 Å². The first kappa shape index (κ1) is 14.7. The van der Waals surface area contributed by atoms with Crippen LogP contribution in [-0.4, -0.2) is 18.6 Å². The Kier molecular flexibility index (Phi) is 6.21. The molecule has 1 aliphatic rings. The van der Waals surface area contributed by atoms with Gasteiger partial charge in [-0.25, -0.2) is 0 Å². The van der Waals surface area contributed by atoms with Crippen LogP contribution in [0.4, 0.5) is 0 Å². The Morgan fingerprint density at radius 3 is 2.82 bits per heavy atom. The van der Waals surface area contributed by atoms with E-state index in [0.717, 1.165) is 31.3 Å². The molecule has 0 bridgehead atoms. The van der Waals surface area contributed by atoms with Gasteiger partial charge in [0, 0.05) is 12.1 Å². The number of allylic oxidation sites excluding steroid dienone is 1. The number of nitrogens with one attached hydrogen (secondary N) is 1. The highest BCUT2D eigenvalue weighted by molar-refractivity contribution is 4.95. The molecular formula is C15H30N2. The molecule has 1 fully saturated rings. The second kappa shape index (κ2) is 7.17. The summed E-state index contributed by atoms with van der Waals surface area (Å²) < 4.78 is 0. The molecule has 17 heavy (non-hydrogen) atoms. The summed E-state index contributed by atoms with van der Waals surface area (Å²) in [5.41, 5.74) is 6.25. The molecule has 0 spiro atoms. The minimum Gasteiger partial charge on any atom is -0.329 e. The van der Waals surface area contributed by atoms with Gasteiger partial charge in [-0.2, -0.15) is 0 Å². The van der Waals surface area contributed by atoms with Crippen molar-refractivity contribution in [3.05, 3.63) is 12.2 Å². The number of hydrogen-bond acceptors (Lipinski definition) is 2.